The lowest BCUT2D eigenvalue weighted by Crippen LogP contribution is -2.03. The van der Waals surface area contributed by atoms with Gasteiger partial charge in [-0.1, -0.05) is 109 Å². The number of hydrogen-bond acceptors (Lipinski definition) is 3. The van der Waals surface area contributed by atoms with Crippen LogP contribution in [0.5, 0.6) is 0 Å². The maximum absolute atomic E-state index is 5.43. The van der Waals surface area contributed by atoms with E-state index in [2.05, 4.69) is 144 Å². The molecule has 0 spiro atoms. The van der Waals surface area contributed by atoms with E-state index in [0.29, 0.717) is 0 Å². The molecular formula is C38H23N3S. The van der Waals surface area contributed by atoms with Crippen LogP contribution in [0.1, 0.15) is 0 Å². The van der Waals surface area contributed by atoms with Crippen LogP contribution in [-0.2, 0) is 0 Å². The fourth-order valence-electron chi connectivity index (χ4n) is 6.22. The van der Waals surface area contributed by atoms with Gasteiger partial charge in [-0.2, -0.15) is 0 Å². The van der Waals surface area contributed by atoms with Gasteiger partial charge in [0.2, 0.25) is 0 Å². The molecule has 3 heterocycles. The zero-order chi connectivity index (χ0) is 27.6. The molecule has 42 heavy (non-hydrogen) atoms. The van der Waals surface area contributed by atoms with Crippen LogP contribution in [0.4, 0.5) is 0 Å². The molecule has 0 bridgehead atoms. The van der Waals surface area contributed by atoms with Crippen molar-refractivity contribution in [3.63, 3.8) is 0 Å². The molecule has 0 atom stereocenters. The monoisotopic (exact) mass is 553 g/mol. The van der Waals surface area contributed by atoms with Crippen molar-refractivity contribution in [1.82, 2.24) is 14.5 Å². The highest BCUT2D eigenvalue weighted by molar-refractivity contribution is 7.25. The number of benzene rings is 6. The molecular weight excluding hydrogens is 531 g/mol. The van der Waals surface area contributed by atoms with E-state index in [4.69, 9.17) is 9.97 Å². The third-order valence-corrected chi connectivity index (χ3v) is 9.24. The molecule has 0 saturated carbocycles. The van der Waals surface area contributed by atoms with E-state index in [-0.39, 0.29) is 0 Å². The summed E-state index contributed by atoms with van der Waals surface area (Å²) in [5, 5.41) is 6.00. The largest absolute Gasteiger partial charge is 0.292 e. The first-order valence-corrected chi connectivity index (χ1v) is 14.9. The standard InChI is InChI=1S/C38H23N3S/c1-2-11-24(12-3-1)25-15-10-16-28(21-25)35-37(40-38-36(39-35)30-18-7-9-20-34(30)42-38)41-32-19-8-6-17-29(32)31-22-26-13-4-5-14-27(26)23-33(31)41/h1-23H. The smallest absolute Gasteiger partial charge is 0.166 e. The first-order valence-electron chi connectivity index (χ1n) is 14.1. The highest BCUT2D eigenvalue weighted by atomic mass is 32.1. The minimum Gasteiger partial charge on any atom is -0.292 e. The molecule has 196 valence electrons. The van der Waals surface area contributed by atoms with E-state index in [9.17, 15) is 0 Å². The highest BCUT2D eigenvalue weighted by Crippen LogP contribution is 2.40. The number of fused-ring (bicyclic) bond motifs is 7. The molecule has 4 heteroatoms. The van der Waals surface area contributed by atoms with Gasteiger partial charge in [0.25, 0.3) is 0 Å². The summed E-state index contributed by atoms with van der Waals surface area (Å²) in [5.41, 5.74) is 7.46. The Bertz CT molecular complexity index is 2470. The average Bonchev–Trinajstić information content (AvgIpc) is 3.58. The SMILES string of the molecule is c1ccc(-c2cccc(-c3nc4c(nc3-n3c5ccccc5c5cc6ccccc6cc53)sc3ccccc34)c2)cc1. The normalized spacial score (nSPS) is 11.8. The summed E-state index contributed by atoms with van der Waals surface area (Å²) in [6.07, 6.45) is 0. The summed E-state index contributed by atoms with van der Waals surface area (Å²) in [6.45, 7) is 0. The highest BCUT2D eigenvalue weighted by Gasteiger charge is 2.21. The quantitative estimate of drug-likeness (QED) is 0.218. The molecule has 0 unspecified atom stereocenters. The van der Waals surface area contributed by atoms with Crippen molar-refractivity contribution >= 4 is 64.3 Å². The van der Waals surface area contributed by atoms with Gasteiger partial charge in [0.1, 0.15) is 16.0 Å². The number of para-hydroxylation sites is 1. The molecule has 0 saturated heterocycles. The van der Waals surface area contributed by atoms with Gasteiger partial charge in [0.15, 0.2) is 5.82 Å². The fourth-order valence-corrected chi connectivity index (χ4v) is 7.24. The third-order valence-electron chi connectivity index (χ3n) is 8.19. The molecule has 3 aromatic heterocycles. The van der Waals surface area contributed by atoms with Crippen LogP contribution in [0, 0.1) is 0 Å². The van der Waals surface area contributed by atoms with Crippen LogP contribution in [0.15, 0.2) is 140 Å². The first-order chi connectivity index (χ1) is 20.8. The van der Waals surface area contributed by atoms with Gasteiger partial charge in [0, 0.05) is 26.4 Å². The predicted octanol–water partition coefficient (Wildman–Crippen LogP) is 10.4. The summed E-state index contributed by atoms with van der Waals surface area (Å²) in [6, 6.07) is 49.5. The molecule has 9 rings (SSSR count). The molecule has 0 radical (unpaired) electrons. The summed E-state index contributed by atoms with van der Waals surface area (Å²) in [5.74, 6) is 0.848. The van der Waals surface area contributed by atoms with Crippen molar-refractivity contribution in [2.75, 3.05) is 0 Å². The zero-order valence-corrected chi connectivity index (χ0v) is 23.3. The lowest BCUT2D eigenvalue weighted by molar-refractivity contribution is 1.09. The molecule has 0 aliphatic heterocycles. The molecule has 0 fully saturated rings. The van der Waals surface area contributed by atoms with E-state index in [1.165, 1.54) is 31.8 Å². The maximum Gasteiger partial charge on any atom is 0.166 e. The number of nitrogens with zero attached hydrogens (tertiary/aromatic N) is 3. The Morgan fingerprint density at radius 3 is 2.05 bits per heavy atom. The van der Waals surface area contributed by atoms with Gasteiger partial charge in [-0.15, -0.1) is 11.3 Å². The van der Waals surface area contributed by atoms with Crippen LogP contribution in [0.25, 0.3) is 81.2 Å². The summed E-state index contributed by atoms with van der Waals surface area (Å²) in [7, 11) is 0. The lowest BCUT2D eigenvalue weighted by atomic mass is 10.0. The molecule has 0 N–H and O–H groups in total. The van der Waals surface area contributed by atoms with E-state index in [0.717, 1.165) is 49.4 Å². The first kappa shape index (κ1) is 23.4. The maximum atomic E-state index is 5.43. The zero-order valence-electron chi connectivity index (χ0n) is 22.5. The Morgan fingerprint density at radius 1 is 0.476 bits per heavy atom. The Hall–Kier alpha value is -5.32. The number of rotatable bonds is 3. The lowest BCUT2D eigenvalue weighted by Gasteiger charge is -2.14. The van der Waals surface area contributed by atoms with Crippen molar-refractivity contribution in [2.24, 2.45) is 0 Å². The number of hydrogen-bond donors (Lipinski definition) is 0. The Morgan fingerprint density at radius 2 is 1.17 bits per heavy atom. The van der Waals surface area contributed by atoms with Crippen LogP contribution in [0.2, 0.25) is 0 Å². The minimum atomic E-state index is 0.848. The molecule has 6 aromatic carbocycles. The second-order valence-corrected chi connectivity index (χ2v) is 11.7. The molecule has 0 amide bonds. The molecule has 3 nitrogen and oxygen atoms in total. The van der Waals surface area contributed by atoms with Gasteiger partial charge in [-0.25, -0.2) is 9.97 Å². The van der Waals surface area contributed by atoms with Crippen LogP contribution in [0.3, 0.4) is 0 Å². The van der Waals surface area contributed by atoms with Crippen molar-refractivity contribution in [2.45, 2.75) is 0 Å². The third kappa shape index (κ3) is 3.52. The van der Waals surface area contributed by atoms with Gasteiger partial charge in [-0.05, 0) is 52.2 Å². The second kappa shape index (κ2) is 9.10. The summed E-state index contributed by atoms with van der Waals surface area (Å²) >= 11 is 1.70. The van der Waals surface area contributed by atoms with Crippen molar-refractivity contribution < 1.29 is 0 Å². The van der Waals surface area contributed by atoms with E-state index in [1.807, 2.05) is 0 Å². The van der Waals surface area contributed by atoms with Crippen LogP contribution < -0.4 is 0 Å². The van der Waals surface area contributed by atoms with E-state index < -0.39 is 0 Å². The molecule has 0 aliphatic carbocycles. The van der Waals surface area contributed by atoms with Gasteiger partial charge in [-0.3, -0.25) is 4.57 Å². The minimum absolute atomic E-state index is 0.848. The fraction of sp³-hybridized carbons (Fsp3) is 0. The van der Waals surface area contributed by atoms with Crippen molar-refractivity contribution in [3.8, 4) is 28.2 Å². The van der Waals surface area contributed by atoms with Crippen LogP contribution >= 0.6 is 11.3 Å². The Labute approximate surface area is 246 Å². The second-order valence-electron chi connectivity index (χ2n) is 10.7. The molecule has 9 aromatic rings. The summed E-state index contributed by atoms with van der Waals surface area (Å²) < 4.78 is 3.51. The van der Waals surface area contributed by atoms with Gasteiger partial charge >= 0.3 is 0 Å². The molecule has 0 aliphatic rings. The van der Waals surface area contributed by atoms with Crippen molar-refractivity contribution in [3.05, 3.63) is 140 Å². The van der Waals surface area contributed by atoms with Gasteiger partial charge in [0.05, 0.1) is 11.0 Å². The average molecular weight is 554 g/mol. The van der Waals surface area contributed by atoms with E-state index in [1.54, 1.807) is 11.3 Å². The Balaban J connectivity index is 1.42. The topological polar surface area (TPSA) is 30.7 Å². The number of aromatic nitrogens is 3. The predicted molar refractivity (Wildman–Crippen MR) is 178 cm³/mol. The van der Waals surface area contributed by atoms with E-state index >= 15 is 0 Å². The Kier molecular flexibility index (Phi) is 5.07. The summed E-state index contributed by atoms with van der Waals surface area (Å²) in [4.78, 5) is 11.8. The van der Waals surface area contributed by atoms with Crippen LogP contribution in [-0.4, -0.2) is 14.5 Å². The van der Waals surface area contributed by atoms with Gasteiger partial charge < -0.3 is 0 Å². The number of thiophene rings is 1. The van der Waals surface area contributed by atoms with Crippen molar-refractivity contribution in [1.29, 1.82) is 0 Å².